The molecular weight excluding hydrogens is 438 g/mol. The van der Waals surface area contributed by atoms with E-state index in [4.69, 9.17) is 4.74 Å². The van der Waals surface area contributed by atoms with Gasteiger partial charge >= 0.3 is 0 Å². The minimum Gasteiger partial charge on any atom is -0.488 e. The summed E-state index contributed by atoms with van der Waals surface area (Å²) in [6.45, 7) is 4.73. The maximum Gasteiger partial charge on any atom is 0.271 e. The number of thiophene rings is 1. The molecule has 8 nitrogen and oxygen atoms in total. The molecule has 170 valence electrons. The maximum atomic E-state index is 13.1. The lowest BCUT2D eigenvalue weighted by molar-refractivity contribution is -0.134. The minimum atomic E-state index is -3.70. The Kier molecular flexibility index (Phi) is 7.58. The first-order valence-electron chi connectivity index (χ1n) is 10.2. The number of likely N-dealkylation sites (N-methyl/N-ethyl adjacent to an activating group) is 1. The summed E-state index contributed by atoms with van der Waals surface area (Å²) in [4.78, 5) is 14.8. The number of ether oxygens (including phenoxy) is 1. The number of benzene rings is 1. The fraction of sp³-hybridized carbons (Fsp3) is 0.476. The van der Waals surface area contributed by atoms with E-state index in [1.165, 1.54) is 6.07 Å². The van der Waals surface area contributed by atoms with E-state index in [1.807, 2.05) is 20.9 Å². The van der Waals surface area contributed by atoms with Crippen LogP contribution in [0.3, 0.4) is 0 Å². The van der Waals surface area contributed by atoms with Crippen molar-refractivity contribution in [3.63, 3.8) is 0 Å². The van der Waals surface area contributed by atoms with Crippen molar-refractivity contribution in [1.29, 1.82) is 0 Å². The van der Waals surface area contributed by atoms with Crippen LogP contribution in [0.4, 0.5) is 5.69 Å². The van der Waals surface area contributed by atoms with Crippen molar-refractivity contribution in [3.8, 4) is 5.75 Å². The fourth-order valence-corrected chi connectivity index (χ4v) is 5.60. The Morgan fingerprint density at radius 3 is 2.77 bits per heavy atom. The largest absolute Gasteiger partial charge is 0.488 e. The van der Waals surface area contributed by atoms with Gasteiger partial charge in [0, 0.05) is 30.3 Å². The second-order valence-corrected chi connectivity index (χ2v) is 10.7. The van der Waals surface area contributed by atoms with Crippen molar-refractivity contribution in [2.75, 3.05) is 31.5 Å². The zero-order valence-corrected chi connectivity index (χ0v) is 19.5. The average molecular weight is 468 g/mol. The number of aliphatic hydroxyl groups excluding tert-OH is 1. The highest BCUT2D eigenvalue weighted by molar-refractivity contribution is 7.94. The highest BCUT2D eigenvalue weighted by atomic mass is 32.2. The van der Waals surface area contributed by atoms with Crippen molar-refractivity contribution in [2.45, 2.75) is 36.6 Å². The van der Waals surface area contributed by atoms with Gasteiger partial charge in [0.15, 0.2) is 0 Å². The molecule has 0 bridgehead atoms. The first-order valence-corrected chi connectivity index (χ1v) is 12.5. The van der Waals surface area contributed by atoms with Gasteiger partial charge in [-0.25, -0.2) is 8.42 Å². The number of anilines is 1. The summed E-state index contributed by atoms with van der Waals surface area (Å²) in [6, 6.07) is 7.88. The van der Waals surface area contributed by atoms with Gasteiger partial charge in [0.1, 0.15) is 16.1 Å². The standard InChI is InChI=1S/C21H29N3O5S2/c1-14-12-24(15(2)13-25)20(26)10-16-9-17(6-7-18(16)29-19(14)11-22-3)23-31(27,28)21-5-4-8-30-21/h4-9,14-15,19,22-23,25H,10-13H2,1-3H3/t14-,15-,19+/m1/s1. The van der Waals surface area contributed by atoms with Crippen LogP contribution in [0.25, 0.3) is 0 Å². The molecule has 3 atom stereocenters. The van der Waals surface area contributed by atoms with Crippen molar-refractivity contribution in [3.05, 3.63) is 41.3 Å². The normalized spacial score (nSPS) is 20.8. The molecule has 2 heterocycles. The van der Waals surface area contributed by atoms with Crippen LogP contribution in [0.5, 0.6) is 5.75 Å². The molecular formula is C21H29N3O5S2. The summed E-state index contributed by atoms with van der Waals surface area (Å²) in [7, 11) is -1.86. The Hall–Kier alpha value is -2.14. The first-order chi connectivity index (χ1) is 14.7. The van der Waals surface area contributed by atoms with Gasteiger partial charge < -0.3 is 20.1 Å². The molecule has 0 saturated carbocycles. The molecule has 0 spiro atoms. The number of sulfonamides is 1. The van der Waals surface area contributed by atoms with Crippen LogP contribution in [0, 0.1) is 5.92 Å². The number of nitrogens with one attached hydrogen (secondary N) is 2. The number of rotatable bonds is 7. The third kappa shape index (κ3) is 5.57. The van der Waals surface area contributed by atoms with Crippen LogP contribution in [0.1, 0.15) is 19.4 Å². The van der Waals surface area contributed by atoms with Gasteiger partial charge in [0.2, 0.25) is 5.91 Å². The Morgan fingerprint density at radius 2 is 2.13 bits per heavy atom. The van der Waals surface area contributed by atoms with Gasteiger partial charge in [-0.2, -0.15) is 0 Å². The minimum absolute atomic E-state index is 0.0216. The van der Waals surface area contributed by atoms with Crippen LogP contribution < -0.4 is 14.8 Å². The summed E-state index contributed by atoms with van der Waals surface area (Å²) in [6.07, 6.45) is -0.149. The zero-order chi connectivity index (χ0) is 22.6. The van der Waals surface area contributed by atoms with Gasteiger partial charge in [-0.05, 0) is 43.6 Å². The van der Waals surface area contributed by atoms with Crippen LogP contribution in [-0.4, -0.2) is 63.2 Å². The SMILES string of the molecule is CNC[C@@H]1Oc2ccc(NS(=O)(=O)c3cccs3)cc2CC(=O)N([C@H](C)CO)C[C@H]1C. The number of carbonyl (C=O) groups excluding carboxylic acids is 1. The molecule has 1 aromatic carbocycles. The van der Waals surface area contributed by atoms with Crippen LogP contribution in [-0.2, 0) is 21.2 Å². The van der Waals surface area contributed by atoms with Gasteiger partial charge in [-0.3, -0.25) is 9.52 Å². The zero-order valence-electron chi connectivity index (χ0n) is 17.9. The van der Waals surface area contributed by atoms with E-state index in [1.54, 1.807) is 34.5 Å². The van der Waals surface area contributed by atoms with E-state index in [0.29, 0.717) is 30.1 Å². The lowest BCUT2D eigenvalue weighted by atomic mass is 10.0. The molecule has 0 saturated heterocycles. The van der Waals surface area contributed by atoms with Crippen LogP contribution in [0.2, 0.25) is 0 Å². The molecule has 1 amide bonds. The highest BCUT2D eigenvalue weighted by Gasteiger charge is 2.30. The van der Waals surface area contributed by atoms with Crippen molar-refractivity contribution in [2.24, 2.45) is 5.92 Å². The van der Waals surface area contributed by atoms with E-state index in [-0.39, 0.29) is 41.2 Å². The molecule has 1 aliphatic heterocycles. The van der Waals surface area contributed by atoms with E-state index >= 15 is 0 Å². The second-order valence-electron chi connectivity index (χ2n) is 7.81. The topological polar surface area (TPSA) is 108 Å². The number of amides is 1. The summed E-state index contributed by atoms with van der Waals surface area (Å²) in [5, 5.41) is 14.5. The molecule has 31 heavy (non-hydrogen) atoms. The molecule has 3 N–H and O–H groups in total. The lowest BCUT2D eigenvalue weighted by Gasteiger charge is -2.32. The molecule has 0 aliphatic carbocycles. The molecule has 0 radical (unpaired) electrons. The van der Waals surface area contributed by atoms with E-state index in [2.05, 4.69) is 10.0 Å². The molecule has 2 aromatic rings. The third-order valence-corrected chi connectivity index (χ3v) is 8.11. The number of hydrogen-bond acceptors (Lipinski definition) is 7. The van der Waals surface area contributed by atoms with Gasteiger partial charge in [-0.15, -0.1) is 11.3 Å². The molecule has 0 fully saturated rings. The number of carbonyl (C=O) groups is 1. The number of hydrogen-bond donors (Lipinski definition) is 3. The Bertz CT molecular complexity index is 994. The maximum absolute atomic E-state index is 13.1. The Morgan fingerprint density at radius 1 is 1.35 bits per heavy atom. The molecule has 0 unspecified atom stereocenters. The summed E-state index contributed by atoms with van der Waals surface area (Å²) in [5.41, 5.74) is 0.962. The summed E-state index contributed by atoms with van der Waals surface area (Å²) < 4.78 is 34.2. The van der Waals surface area contributed by atoms with Gasteiger partial charge in [0.25, 0.3) is 10.0 Å². The number of nitrogens with zero attached hydrogens (tertiary/aromatic N) is 1. The molecule has 3 rings (SSSR count). The van der Waals surface area contributed by atoms with E-state index in [0.717, 1.165) is 11.3 Å². The number of aliphatic hydroxyl groups is 1. The molecule has 1 aromatic heterocycles. The third-order valence-electron chi connectivity index (χ3n) is 5.33. The fourth-order valence-electron chi connectivity index (χ4n) is 3.56. The van der Waals surface area contributed by atoms with Crippen molar-refractivity contribution < 1.29 is 23.1 Å². The lowest BCUT2D eigenvalue weighted by Crippen LogP contribution is -2.47. The predicted molar refractivity (Wildman–Crippen MR) is 121 cm³/mol. The van der Waals surface area contributed by atoms with E-state index < -0.39 is 10.0 Å². The smallest absolute Gasteiger partial charge is 0.271 e. The monoisotopic (exact) mass is 467 g/mol. The van der Waals surface area contributed by atoms with Crippen LogP contribution >= 0.6 is 11.3 Å². The second kappa shape index (κ2) is 9.99. The summed E-state index contributed by atoms with van der Waals surface area (Å²) in [5.74, 6) is 0.438. The van der Waals surface area contributed by atoms with E-state index in [9.17, 15) is 18.3 Å². The highest BCUT2D eigenvalue weighted by Crippen LogP contribution is 2.30. The molecule has 1 aliphatic rings. The predicted octanol–water partition coefficient (Wildman–Crippen LogP) is 1.92. The van der Waals surface area contributed by atoms with Crippen LogP contribution in [0.15, 0.2) is 39.9 Å². The Balaban J connectivity index is 1.96. The Labute approximate surface area is 187 Å². The van der Waals surface area contributed by atoms with Gasteiger partial charge in [0.05, 0.1) is 19.1 Å². The van der Waals surface area contributed by atoms with Crippen molar-refractivity contribution >= 4 is 33.0 Å². The quantitative estimate of drug-likeness (QED) is 0.574. The van der Waals surface area contributed by atoms with Gasteiger partial charge in [-0.1, -0.05) is 13.0 Å². The molecule has 10 heteroatoms. The number of fused-ring (bicyclic) bond motifs is 1. The summed E-state index contributed by atoms with van der Waals surface area (Å²) >= 11 is 1.13. The first kappa shape index (κ1) is 23.5. The van der Waals surface area contributed by atoms with Crippen molar-refractivity contribution in [1.82, 2.24) is 10.2 Å². The average Bonchev–Trinajstić information content (AvgIpc) is 3.28.